The Labute approximate surface area is 191 Å². The Balaban J connectivity index is 1.48. The molecule has 2 amide bonds. The van der Waals surface area contributed by atoms with Crippen LogP contribution in [-0.4, -0.2) is 26.8 Å². The second kappa shape index (κ2) is 9.02. The normalized spacial score (nSPS) is 13.8. The summed E-state index contributed by atoms with van der Waals surface area (Å²) in [6.45, 7) is 0.621. The van der Waals surface area contributed by atoms with Crippen molar-refractivity contribution in [3.63, 3.8) is 0 Å². The van der Waals surface area contributed by atoms with Crippen LogP contribution in [0.15, 0.2) is 77.7 Å². The van der Waals surface area contributed by atoms with Crippen molar-refractivity contribution in [2.45, 2.75) is 17.7 Å². The lowest BCUT2D eigenvalue weighted by atomic mass is 10.2. The van der Waals surface area contributed by atoms with Gasteiger partial charge < -0.3 is 10.2 Å². The van der Waals surface area contributed by atoms with E-state index in [0.29, 0.717) is 29.4 Å². The highest BCUT2D eigenvalue weighted by molar-refractivity contribution is 7.92. The van der Waals surface area contributed by atoms with E-state index in [9.17, 15) is 18.0 Å². The number of benzene rings is 3. The van der Waals surface area contributed by atoms with Gasteiger partial charge in [0.1, 0.15) is 0 Å². The Morgan fingerprint density at radius 1 is 0.938 bits per heavy atom. The number of nitrogens with zero attached hydrogens (tertiary/aromatic N) is 1. The Kier molecular flexibility index (Phi) is 6.16. The van der Waals surface area contributed by atoms with Crippen molar-refractivity contribution >= 4 is 50.5 Å². The number of hydrogen-bond acceptors (Lipinski definition) is 4. The van der Waals surface area contributed by atoms with E-state index >= 15 is 0 Å². The second-order valence-electron chi connectivity index (χ2n) is 7.27. The van der Waals surface area contributed by atoms with E-state index in [-0.39, 0.29) is 22.1 Å². The first-order chi connectivity index (χ1) is 15.3. The van der Waals surface area contributed by atoms with Gasteiger partial charge >= 0.3 is 0 Å². The third kappa shape index (κ3) is 4.76. The minimum atomic E-state index is -3.77. The summed E-state index contributed by atoms with van der Waals surface area (Å²) >= 11 is 6.34. The maximum absolute atomic E-state index is 12.7. The summed E-state index contributed by atoms with van der Waals surface area (Å²) in [5.74, 6) is -0.398. The summed E-state index contributed by atoms with van der Waals surface area (Å²) in [5.41, 5.74) is 1.62. The van der Waals surface area contributed by atoms with Gasteiger partial charge in [0.15, 0.2) is 0 Å². The monoisotopic (exact) mass is 469 g/mol. The van der Waals surface area contributed by atoms with E-state index in [0.717, 1.165) is 6.42 Å². The van der Waals surface area contributed by atoms with Crippen LogP contribution in [-0.2, 0) is 14.8 Å². The van der Waals surface area contributed by atoms with Crippen molar-refractivity contribution in [3.8, 4) is 0 Å². The number of carbonyl (C=O) groups is 2. The van der Waals surface area contributed by atoms with Gasteiger partial charge in [-0.15, -0.1) is 0 Å². The second-order valence-corrected chi connectivity index (χ2v) is 9.36. The molecule has 0 spiro atoms. The van der Waals surface area contributed by atoms with Crippen LogP contribution in [0.25, 0.3) is 0 Å². The summed E-state index contributed by atoms with van der Waals surface area (Å²) in [6.07, 6.45) is 1.29. The molecule has 0 radical (unpaired) electrons. The molecule has 0 aromatic heterocycles. The smallest absolute Gasteiger partial charge is 0.261 e. The lowest BCUT2D eigenvalue weighted by Gasteiger charge is -2.18. The number of amides is 2. The van der Waals surface area contributed by atoms with Crippen LogP contribution in [0.1, 0.15) is 23.2 Å². The van der Waals surface area contributed by atoms with Crippen LogP contribution in [0.5, 0.6) is 0 Å². The number of hydrogen-bond donors (Lipinski definition) is 2. The predicted molar refractivity (Wildman–Crippen MR) is 125 cm³/mol. The molecule has 4 rings (SSSR count). The molecular weight excluding hydrogens is 450 g/mol. The van der Waals surface area contributed by atoms with Crippen molar-refractivity contribution in [2.24, 2.45) is 0 Å². The topological polar surface area (TPSA) is 95.6 Å². The molecule has 0 bridgehead atoms. The van der Waals surface area contributed by atoms with E-state index in [2.05, 4.69) is 10.0 Å². The van der Waals surface area contributed by atoms with Crippen molar-refractivity contribution in [3.05, 3.63) is 83.4 Å². The van der Waals surface area contributed by atoms with Crippen molar-refractivity contribution in [1.82, 2.24) is 0 Å². The molecule has 0 atom stereocenters. The molecule has 1 fully saturated rings. The summed E-state index contributed by atoms with van der Waals surface area (Å²) < 4.78 is 27.5. The third-order valence-electron chi connectivity index (χ3n) is 5.00. The van der Waals surface area contributed by atoms with E-state index < -0.39 is 15.9 Å². The number of anilines is 3. The van der Waals surface area contributed by atoms with Gasteiger partial charge in [-0.1, -0.05) is 35.9 Å². The SMILES string of the molecule is O=C(Nc1ccc(N2CCCC2=O)c(Cl)c1)c1cccc(NS(=O)(=O)c2ccccc2)c1. The molecule has 2 N–H and O–H groups in total. The zero-order chi connectivity index (χ0) is 22.7. The molecule has 0 aliphatic carbocycles. The Morgan fingerprint density at radius 3 is 2.41 bits per heavy atom. The van der Waals surface area contributed by atoms with Gasteiger partial charge in [-0.2, -0.15) is 0 Å². The number of nitrogens with one attached hydrogen (secondary N) is 2. The maximum atomic E-state index is 12.7. The quantitative estimate of drug-likeness (QED) is 0.554. The van der Waals surface area contributed by atoms with E-state index in [1.165, 1.54) is 18.2 Å². The number of sulfonamides is 1. The molecule has 1 saturated heterocycles. The number of halogens is 1. The highest BCUT2D eigenvalue weighted by Gasteiger charge is 2.23. The molecule has 9 heteroatoms. The lowest BCUT2D eigenvalue weighted by molar-refractivity contribution is -0.117. The first kappa shape index (κ1) is 21.9. The first-order valence-electron chi connectivity index (χ1n) is 9.93. The van der Waals surface area contributed by atoms with Crippen LogP contribution < -0.4 is 14.9 Å². The highest BCUT2D eigenvalue weighted by atomic mass is 35.5. The first-order valence-corrected chi connectivity index (χ1v) is 11.8. The van der Waals surface area contributed by atoms with Crippen molar-refractivity contribution in [1.29, 1.82) is 0 Å². The van der Waals surface area contributed by atoms with Gasteiger partial charge in [0.2, 0.25) is 5.91 Å². The third-order valence-corrected chi connectivity index (χ3v) is 6.70. The molecular formula is C23H20ClN3O4S. The molecule has 1 heterocycles. The molecule has 0 saturated carbocycles. The van der Waals surface area contributed by atoms with Crippen LogP contribution in [0.4, 0.5) is 17.1 Å². The lowest BCUT2D eigenvalue weighted by Crippen LogP contribution is -2.24. The average Bonchev–Trinajstić information content (AvgIpc) is 3.20. The molecule has 3 aromatic carbocycles. The zero-order valence-corrected chi connectivity index (χ0v) is 18.5. The summed E-state index contributed by atoms with van der Waals surface area (Å²) in [5, 5.41) is 3.11. The molecule has 164 valence electrons. The summed E-state index contributed by atoms with van der Waals surface area (Å²) in [6, 6.07) is 19.1. The van der Waals surface area contributed by atoms with Crippen LogP contribution in [0.2, 0.25) is 5.02 Å². The number of rotatable bonds is 6. The van der Waals surface area contributed by atoms with Gasteiger partial charge in [-0.25, -0.2) is 8.42 Å². The molecule has 1 aliphatic heterocycles. The van der Waals surface area contributed by atoms with Crippen LogP contribution in [0, 0.1) is 0 Å². The Bertz CT molecular complexity index is 1280. The standard InChI is InChI=1S/C23H20ClN3O4S/c24-20-15-17(11-12-21(20)27-13-5-10-22(27)28)25-23(29)16-6-4-7-18(14-16)26-32(30,31)19-8-2-1-3-9-19/h1-4,6-9,11-12,14-15,26H,5,10,13H2,(H,25,29). The van der Waals surface area contributed by atoms with Gasteiger partial charge in [0.05, 0.1) is 15.6 Å². The predicted octanol–water partition coefficient (Wildman–Crippen LogP) is 4.52. The van der Waals surface area contributed by atoms with E-state index in [4.69, 9.17) is 11.6 Å². The molecule has 32 heavy (non-hydrogen) atoms. The van der Waals surface area contributed by atoms with Crippen LogP contribution in [0.3, 0.4) is 0 Å². The maximum Gasteiger partial charge on any atom is 0.261 e. The zero-order valence-electron chi connectivity index (χ0n) is 16.9. The molecule has 3 aromatic rings. The van der Waals surface area contributed by atoms with Crippen molar-refractivity contribution < 1.29 is 18.0 Å². The molecule has 0 unspecified atom stereocenters. The number of carbonyl (C=O) groups excluding carboxylic acids is 2. The molecule has 7 nitrogen and oxygen atoms in total. The minimum Gasteiger partial charge on any atom is -0.322 e. The summed E-state index contributed by atoms with van der Waals surface area (Å²) in [7, 11) is -3.77. The van der Waals surface area contributed by atoms with Gasteiger partial charge in [-0.3, -0.25) is 14.3 Å². The average molecular weight is 470 g/mol. The largest absolute Gasteiger partial charge is 0.322 e. The van der Waals surface area contributed by atoms with Gasteiger partial charge in [0, 0.05) is 29.9 Å². The minimum absolute atomic E-state index is 0.0263. The van der Waals surface area contributed by atoms with E-state index in [1.54, 1.807) is 59.5 Å². The fourth-order valence-corrected chi connectivity index (χ4v) is 4.80. The van der Waals surface area contributed by atoms with Crippen LogP contribution >= 0.6 is 11.6 Å². The van der Waals surface area contributed by atoms with E-state index in [1.807, 2.05) is 0 Å². The summed E-state index contributed by atoms with van der Waals surface area (Å²) in [4.78, 5) is 26.4. The fraction of sp³-hybridized carbons (Fsp3) is 0.130. The molecule has 1 aliphatic rings. The van der Waals surface area contributed by atoms with Crippen molar-refractivity contribution in [2.75, 3.05) is 21.5 Å². The Hall–Kier alpha value is -3.36. The van der Waals surface area contributed by atoms with Gasteiger partial charge in [-0.05, 0) is 55.0 Å². The Morgan fingerprint density at radius 2 is 1.72 bits per heavy atom. The fourth-order valence-electron chi connectivity index (χ4n) is 3.45. The van der Waals surface area contributed by atoms with Gasteiger partial charge in [0.25, 0.3) is 15.9 Å². The highest BCUT2D eigenvalue weighted by Crippen LogP contribution is 2.32.